The summed E-state index contributed by atoms with van der Waals surface area (Å²) in [7, 11) is 0. The fourth-order valence-corrected chi connectivity index (χ4v) is 2.10. The molecule has 2 nitrogen and oxygen atoms in total. The molecule has 18 heavy (non-hydrogen) atoms. The van der Waals surface area contributed by atoms with Gasteiger partial charge in [0.1, 0.15) is 5.82 Å². The fraction of sp³-hybridized carbons (Fsp3) is 0.0714. The van der Waals surface area contributed by atoms with Crippen molar-refractivity contribution in [3.05, 3.63) is 63.9 Å². The molecule has 0 amide bonds. The van der Waals surface area contributed by atoms with Gasteiger partial charge in [0.25, 0.3) is 0 Å². The second kappa shape index (κ2) is 5.31. The normalized spacial score (nSPS) is 10.3. The Morgan fingerprint density at radius 2 is 1.83 bits per heavy atom. The summed E-state index contributed by atoms with van der Waals surface area (Å²) in [5.74, 6) is -0.354. The summed E-state index contributed by atoms with van der Waals surface area (Å²) in [4.78, 5) is 12.0. The highest BCUT2D eigenvalue weighted by Gasteiger charge is 2.09. The monoisotopic (exact) mass is 307 g/mol. The predicted octanol–water partition coefficient (Wildman–Crippen LogP) is 3.60. The Balaban J connectivity index is 2.18. The smallest absolute Gasteiger partial charge is 0.167 e. The van der Waals surface area contributed by atoms with Gasteiger partial charge in [-0.25, -0.2) is 4.39 Å². The minimum Gasteiger partial charge on any atom is -0.399 e. The van der Waals surface area contributed by atoms with E-state index in [0.29, 0.717) is 15.7 Å². The van der Waals surface area contributed by atoms with E-state index < -0.39 is 0 Å². The molecular weight excluding hydrogens is 297 g/mol. The minimum absolute atomic E-state index is 0.0256. The molecule has 2 aromatic rings. The molecule has 2 N–H and O–H groups in total. The van der Waals surface area contributed by atoms with Gasteiger partial charge in [0.05, 0.1) is 0 Å². The molecule has 0 saturated heterocycles. The van der Waals surface area contributed by atoms with E-state index in [4.69, 9.17) is 5.73 Å². The second-order valence-corrected chi connectivity index (χ2v) is 4.81. The molecular formula is C14H11BrFNO. The summed E-state index contributed by atoms with van der Waals surface area (Å²) in [5, 5.41) is 0. The van der Waals surface area contributed by atoms with Crippen LogP contribution in [0.4, 0.5) is 10.1 Å². The Kier molecular flexibility index (Phi) is 3.77. The first-order chi connectivity index (χ1) is 8.56. The quantitative estimate of drug-likeness (QED) is 0.695. The minimum atomic E-state index is -0.328. The van der Waals surface area contributed by atoms with Crippen LogP contribution in [0.2, 0.25) is 0 Å². The zero-order chi connectivity index (χ0) is 13.1. The maximum atomic E-state index is 12.9. The number of hydrogen-bond acceptors (Lipinski definition) is 2. The van der Waals surface area contributed by atoms with Crippen LogP contribution in [0.3, 0.4) is 0 Å². The van der Waals surface area contributed by atoms with Gasteiger partial charge in [-0.1, -0.05) is 22.0 Å². The summed E-state index contributed by atoms with van der Waals surface area (Å²) in [6, 6.07) is 11.1. The largest absolute Gasteiger partial charge is 0.399 e. The number of nitrogen functional groups attached to an aromatic ring is 1. The standard InChI is InChI=1S/C14H11BrFNO/c15-13-8-11(16)4-1-10(13)7-14(18)9-2-5-12(17)6-3-9/h1-6,8H,7,17H2. The van der Waals surface area contributed by atoms with E-state index in [1.54, 1.807) is 30.3 Å². The lowest BCUT2D eigenvalue weighted by atomic mass is 10.0. The van der Waals surface area contributed by atoms with Crippen LogP contribution in [0, 0.1) is 5.82 Å². The lowest BCUT2D eigenvalue weighted by Crippen LogP contribution is -2.04. The van der Waals surface area contributed by atoms with Gasteiger partial charge in [-0.3, -0.25) is 4.79 Å². The fourth-order valence-electron chi connectivity index (χ4n) is 1.61. The predicted molar refractivity (Wildman–Crippen MR) is 73.0 cm³/mol. The molecule has 0 heterocycles. The summed E-state index contributed by atoms with van der Waals surface area (Å²) < 4.78 is 13.5. The Hall–Kier alpha value is -1.68. The summed E-state index contributed by atoms with van der Waals surface area (Å²) in [6.45, 7) is 0. The number of benzene rings is 2. The highest BCUT2D eigenvalue weighted by atomic mass is 79.9. The van der Waals surface area contributed by atoms with Crippen LogP contribution in [0.15, 0.2) is 46.9 Å². The van der Waals surface area contributed by atoms with E-state index in [9.17, 15) is 9.18 Å². The Bertz CT molecular complexity index is 581. The Labute approximate surface area is 113 Å². The van der Waals surface area contributed by atoms with Gasteiger partial charge >= 0.3 is 0 Å². The van der Waals surface area contributed by atoms with Gasteiger partial charge in [-0.05, 0) is 42.0 Å². The number of halogens is 2. The number of Topliss-reactive ketones (excluding diaryl/α,β-unsaturated/α-hetero) is 1. The molecule has 0 aromatic heterocycles. The molecule has 2 rings (SSSR count). The molecule has 2 aromatic carbocycles. The third-order valence-electron chi connectivity index (χ3n) is 2.60. The van der Waals surface area contributed by atoms with Crippen molar-refractivity contribution in [3.8, 4) is 0 Å². The zero-order valence-electron chi connectivity index (χ0n) is 9.49. The summed E-state index contributed by atoms with van der Waals surface area (Å²) in [6.07, 6.45) is 0.227. The average Bonchev–Trinajstić information content (AvgIpc) is 2.33. The maximum absolute atomic E-state index is 12.9. The van der Waals surface area contributed by atoms with E-state index in [-0.39, 0.29) is 18.0 Å². The number of hydrogen-bond donors (Lipinski definition) is 1. The molecule has 0 saturated carbocycles. The SMILES string of the molecule is Nc1ccc(C(=O)Cc2ccc(F)cc2Br)cc1. The van der Waals surface area contributed by atoms with Crippen LogP contribution in [-0.4, -0.2) is 5.78 Å². The molecule has 0 aliphatic rings. The Morgan fingerprint density at radius 3 is 2.44 bits per heavy atom. The number of rotatable bonds is 3. The number of ketones is 1. The van der Waals surface area contributed by atoms with Crippen molar-refractivity contribution < 1.29 is 9.18 Å². The van der Waals surface area contributed by atoms with Crippen LogP contribution in [0.5, 0.6) is 0 Å². The number of anilines is 1. The van der Waals surface area contributed by atoms with Crippen molar-refractivity contribution in [1.29, 1.82) is 0 Å². The highest BCUT2D eigenvalue weighted by Crippen LogP contribution is 2.20. The lowest BCUT2D eigenvalue weighted by Gasteiger charge is -2.04. The number of carbonyl (C=O) groups is 1. The first-order valence-electron chi connectivity index (χ1n) is 5.39. The van der Waals surface area contributed by atoms with Crippen LogP contribution in [-0.2, 0) is 6.42 Å². The van der Waals surface area contributed by atoms with Crippen molar-refractivity contribution in [2.75, 3.05) is 5.73 Å². The van der Waals surface area contributed by atoms with Crippen LogP contribution >= 0.6 is 15.9 Å². The van der Waals surface area contributed by atoms with Gasteiger partial charge in [-0.2, -0.15) is 0 Å². The van der Waals surface area contributed by atoms with E-state index in [2.05, 4.69) is 15.9 Å². The molecule has 0 spiro atoms. The topological polar surface area (TPSA) is 43.1 Å². The third-order valence-corrected chi connectivity index (χ3v) is 3.34. The molecule has 0 radical (unpaired) electrons. The summed E-state index contributed by atoms with van der Waals surface area (Å²) >= 11 is 3.25. The molecule has 0 aliphatic carbocycles. The number of carbonyl (C=O) groups excluding carboxylic acids is 1. The second-order valence-electron chi connectivity index (χ2n) is 3.96. The van der Waals surface area contributed by atoms with E-state index in [1.807, 2.05) is 0 Å². The van der Waals surface area contributed by atoms with E-state index in [0.717, 1.165) is 5.56 Å². The first kappa shape index (κ1) is 12.8. The van der Waals surface area contributed by atoms with Crippen molar-refractivity contribution in [3.63, 3.8) is 0 Å². The molecule has 92 valence electrons. The van der Waals surface area contributed by atoms with Gasteiger partial charge < -0.3 is 5.73 Å². The van der Waals surface area contributed by atoms with E-state index >= 15 is 0 Å². The molecule has 0 bridgehead atoms. The van der Waals surface area contributed by atoms with Crippen molar-refractivity contribution in [1.82, 2.24) is 0 Å². The van der Waals surface area contributed by atoms with Crippen molar-refractivity contribution in [2.24, 2.45) is 0 Å². The molecule has 0 atom stereocenters. The Morgan fingerprint density at radius 1 is 1.17 bits per heavy atom. The average molecular weight is 308 g/mol. The van der Waals surface area contributed by atoms with Gasteiger partial charge in [0.15, 0.2) is 5.78 Å². The van der Waals surface area contributed by atoms with Gasteiger partial charge in [0.2, 0.25) is 0 Å². The maximum Gasteiger partial charge on any atom is 0.167 e. The van der Waals surface area contributed by atoms with Crippen LogP contribution in [0.1, 0.15) is 15.9 Å². The molecule has 0 aliphatic heterocycles. The molecule has 0 fully saturated rings. The summed E-state index contributed by atoms with van der Waals surface area (Å²) in [5.41, 5.74) is 7.54. The molecule has 4 heteroatoms. The van der Waals surface area contributed by atoms with Crippen molar-refractivity contribution >= 4 is 27.4 Å². The zero-order valence-corrected chi connectivity index (χ0v) is 11.1. The van der Waals surface area contributed by atoms with Gasteiger partial charge in [0, 0.05) is 22.1 Å². The third kappa shape index (κ3) is 2.96. The molecule has 0 unspecified atom stereocenters. The van der Waals surface area contributed by atoms with Crippen LogP contribution in [0.25, 0.3) is 0 Å². The van der Waals surface area contributed by atoms with Crippen LogP contribution < -0.4 is 5.73 Å². The van der Waals surface area contributed by atoms with Crippen molar-refractivity contribution in [2.45, 2.75) is 6.42 Å². The van der Waals surface area contributed by atoms with Gasteiger partial charge in [-0.15, -0.1) is 0 Å². The highest BCUT2D eigenvalue weighted by molar-refractivity contribution is 9.10. The number of nitrogens with two attached hydrogens (primary N) is 1. The first-order valence-corrected chi connectivity index (χ1v) is 6.18. The lowest BCUT2D eigenvalue weighted by molar-refractivity contribution is 0.0993. The van der Waals surface area contributed by atoms with E-state index in [1.165, 1.54) is 12.1 Å².